The van der Waals surface area contributed by atoms with Crippen molar-refractivity contribution in [2.75, 3.05) is 36.5 Å². The molecule has 0 aliphatic carbocycles. The van der Waals surface area contributed by atoms with Gasteiger partial charge in [0.25, 0.3) is 5.91 Å². The van der Waals surface area contributed by atoms with Gasteiger partial charge in [-0.1, -0.05) is 92.2 Å². The third-order valence-corrected chi connectivity index (χ3v) is 8.03. The summed E-state index contributed by atoms with van der Waals surface area (Å²) in [6.45, 7) is 7.61. The van der Waals surface area contributed by atoms with Gasteiger partial charge < -0.3 is 19.9 Å². The van der Waals surface area contributed by atoms with Crippen LogP contribution in [-0.2, 0) is 27.3 Å². The van der Waals surface area contributed by atoms with Crippen molar-refractivity contribution in [3.05, 3.63) is 130 Å². The van der Waals surface area contributed by atoms with Crippen LogP contribution in [0.25, 0.3) is 0 Å². The number of rotatable bonds is 10. The number of hydrogen-bond donors (Lipinski definition) is 1. The zero-order valence-electron chi connectivity index (χ0n) is 24.7. The molecule has 0 saturated carbocycles. The summed E-state index contributed by atoms with van der Waals surface area (Å²) in [5.74, 6) is -0.0695. The van der Waals surface area contributed by atoms with Crippen LogP contribution in [0.5, 0.6) is 0 Å². The van der Waals surface area contributed by atoms with Gasteiger partial charge in [-0.2, -0.15) is 0 Å². The summed E-state index contributed by atoms with van der Waals surface area (Å²) in [7, 11) is 0. The average Bonchev–Trinajstić information content (AvgIpc) is 3.03. The number of halogens is 1. The lowest BCUT2D eigenvalue weighted by molar-refractivity contribution is -0.139. The molecule has 4 aromatic carbocycles. The molecule has 6 nitrogen and oxygen atoms in total. The predicted octanol–water partition coefficient (Wildman–Crippen LogP) is 7.25. The van der Waals surface area contributed by atoms with E-state index < -0.39 is 6.04 Å². The Bertz CT molecular complexity index is 1480. The van der Waals surface area contributed by atoms with E-state index in [1.807, 2.05) is 91.0 Å². The van der Waals surface area contributed by atoms with E-state index in [1.165, 1.54) is 5.56 Å². The van der Waals surface area contributed by atoms with Crippen LogP contribution in [0.3, 0.4) is 0 Å². The molecular weight excluding hydrogens is 558 g/mol. The van der Waals surface area contributed by atoms with Gasteiger partial charge in [0.15, 0.2) is 0 Å². The van der Waals surface area contributed by atoms with Gasteiger partial charge in [-0.05, 0) is 64.6 Å². The highest BCUT2D eigenvalue weighted by Gasteiger charge is 2.32. The van der Waals surface area contributed by atoms with Gasteiger partial charge in [0.1, 0.15) is 6.04 Å². The molecule has 0 bridgehead atoms. The molecule has 1 atom stereocenters. The summed E-state index contributed by atoms with van der Waals surface area (Å²) in [4.78, 5) is 32.2. The number of nitrogens with zero attached hydrogens (tertiary/aromatic N) is 2. The highest BCUT2D eigenvalue weighted by Crippen LogP contribution is 2.29. The highest BCUT2D eigenvalue weighted by molar-refractivity contribution is 6.30. The Labute approximate surface area is 259 Å². The van der Waals surface area contributed by atoms with Gasteiger partial charge in [-0.15, -0.1) is 0 Å². The van der Waals surface area contributed by atoms with Gasteiger partial charge >= 0.3 is 0 Å². The number of amides is 2. The minimum absolute atomic E-state index is 0.142. The van der Waals surface area contributed by atoms with Crippen molar-refractivity contribution in [3.63, 3.8) is 0 Å². The second-order valence-electron chi connectivity index (χ2n) is 11.2. The largest absolute Gasteiger partial charge is 0.378 e. The number of morpholine rings is 1. The smallest absolute Gasteiger partial charge is 0.251 e. The first-order valence-corrected chi connectivity index (χ1v) is 15.2. The van der Waals surface area contributed by atoms with Crippen LogP contribution in [0.2, 0.25) is 5.02 Å². The summed E-state index contributed by atoms with van der Waals surface area (Å²) in [5, 5.41) is 3.72. The molecule has 1 heterocycles. The van der Waals surface area contributed by atoms with E-state index in [1.54, 1.807) is 17.0 Å². The number of ether oxygens (including phenoxy) is 1. The molecule has 7 heteroatoms. The van der Waals surface area contributed by atoms with Crippen molar-refractivity contribution in [2.45, 2.75) is 38.8 Å². The Morgan fingerprint density at radius 1 is 0.814 bits per heavy atom. The Morgan fingerprint density at radius 2 is 1.44 bits per heavy atom. The van der Waals surface area contributed by atoms with Crippen LogP contribution >= 0.6 is 11.6 Å². The van der Waals surface area contributed by atoms with Gasteiger partial charge in [0.05, 0.1) is 19.6 Å². The third-order valence-electron chi connectivity index (χ3n) is 7.77. The fourth-order valence-corrected chi connectivity index (χ4v) is 5.43. The quantitative estimate of drug-likeness (QED) is 0.210. The summed E-state index contributed by atoms with van der Waals surface area (Å²) in [6.07, 6.45) is 0.177. The maximum atomic E-state index is 14.2. The molecule has 0 aromatic heterocycles. The molecule has 4 aromatic rings. The Kier molecular flexibility index (Phi) is 10.1. The molecule has 0 radical (unpaired) electrons. The lowest BCUT2D eigenvalue weighted by Gasteiger charge is -2.32. The Hall–Kier alpha value is -4.13. The molecule has 1 unspecified atom stereocenters. The van der Waals surface area contributed by atoms with E-state index in [0.29, 0.717) is 29.8 Å². The number of carbonyl (C=O) groups is 2. The van der Waals surface area contributed by atoms with E-state index in [9.17, 15) is 9.59 Å². The second kappa shape index (κ2) is 14.4. The fourth-order valence-electron chi connectivity index (χ4n) is 5.31. The summed E-state index contributed by atoms with van der Waals surface area (Å²) in [5.41, 5.74) is 5.46. The minimum atomic E-state index is -0.855. The van der Waals surface area contributed by atoms with E-state index in [4.69, 9.17) is 16.3 Å². The van der Waals surface area contributed by atoms with Gasteiger partial charge in [-0.25, -0.2) is 0 Å². The van der Waals surface area contributed by atoms with E-state index in [-0.39, 0.29) is 24.8 Å². The molecule has 1 fully saturated rings. The molecule has 1 aliphatic heterocycles. The number of benzene rings is 4. The summed E-state index contributed by atoms with van der Waals surface area (Å²) in [6, 6.07) is 32.0. The summed E-state index contributed by atoms with van der Waals surface area (Å²) < 4.78 is 5.48. The lowest BCUT2D eigenvalue weighted by atomic mass is 9.97. The van der Waals surface area contributed by atoms with Crippen molar-refractivity contribution >= 4 is 34.8 Å². The van der Waals surface area contributed by atoms with Crippen molar-refractivity contribution in [3.8, 4) is 0 Å². The summed E-state index contributed by atoms with van der Waals surface area (Å²) >= 11 is 6.16. The van der Waals surface area contributed by atoms with Crippen molar-refractivity contribution in [2.24, 2.45) is 0 Å². The van der Waals surface area contributed by atoms with Crippen LogP contribution < -0.4 is 10.2 Å². The zero-order chi connectivity index (χ0) is 30.2. The molecule has 5 rings (SSSR count). The molecule has 1 N–H and O–H groups in total. The average molecular weight is 596 g/mol. The van der Waals surface area contributed by atoms with Crippen molar-refractivity contribution in [1.29, 1.82) is 0 Å². The maximum absolute atomic E-state index is 14.2. The normalized spacial score (nSPS) is 13.9. The number of carbonyl (C=O) groups excluding carboxylic acids is 2. The first-order valence-electron chi connectivity index (χ1n) is 14.8. The minimum Gasteiger partial charge on any atom is -0.378 e. The zero-order valence-corrected chi connectivity index (χ0v) is 25.5. The maximum Gasteiger partial charge on any atom is 0.251 e. The van der Waals surface area contributed by atoms with Gasteiger partial charge in [0.2, 0.25) is 5.91 Å². The molecule has 1 aliphatic rings. The molecule has 2 amide bonds. The van der Waals surface area contributed by atoms with Crippen LogP contribution in [-0.4, -0.2) is 43.0 Å². The number of nitrogens with one attached hydrogen (secondary N) is 1. The SMILES string of the molecule is CC(C)c1ccc(C(C(=O)Nc2ccc(N3CCOCC3)cc2)N(Cc2ccc(Cl)cc2)C(=O)Cc2ccccc2)cc1. The van der Waals surface area contributed by atoms with E-state index in [0.717, 1.165) is 35.5 Å². The molecule has 222 valence electrons. The van der Waals surface area contributed by atoms with Crippen molar-refractivity contribution < 1.29 is 14.3 Å². The van der Waals surface area contributed by atoms with Crippen LogP contribution in [0.4, 0.5) is 11.4 Å². The Morgan fingerprint density at radius 3 is 2.07 bits per heavy atom. The molecule has 1 saturated heterocycles. The Balaban J connectivity index is 1.48. The monoisotopic (exact) mass is 595 g/mol. The van der Waals surface area contributed by atoms with Crippen molar-refractivity contribution in [1.82, 2.24) is 4.90 Å². The lowest BCUT2D eigenvalue weighted by Crippen LogP contribution is -2.41. The molecule has 43 heavy (non-hydrogen) atoms. The fraction of sp³-hybridized carbons (Fsp3) is 0.278. The van der Waals surface area contributed by atoms with E-state index >= 15 is 0 Å². The van der Waals surface area contributed by atoms with Crippen LogP contribution in [0, 0.1) is 0 Å². The van der Waals surface area contributed by atoms with Gasteiger partial charge in [-0.3, -0.25) is 9.59 Å². The third kappa shape index (κ3) is 8.04. The first kappa shape index (κ1) is 30.3. The van der Waals surface area contributed by atoms with Crippen LogP contribution in [0.15, 0.2) is 103 Å². The standard InChI is InChI=1S/C36H38ClN3O3/c1-26(2)29-10-12-30(13-11-29)35(36(42)38-32-16-18-33(19-17-32)39-20-22-43-23-21-39)40(25-28-8-14-31(37)15-9-28)34(41)24-27-6-4-3-5-7-27/h3-19,26,35H,20-25H2,1-2H3,(H,38,42). The second-order valence-corrected chi connectivity index (χ2v) is 11.6. The number of anilines is 2. The predicted molar refractivity (Wildman–Crippen MR) is 174 cm³/mol. The van der Waals surface area contributed by atoms with Gasteiger partial charge in [0, 0.05) is 36.0 Å². The molecular formula is C36H38ClN3O3. The topological polar surface area (TPSA) is 61.9 Å². The first-order chi connectivity index (χ1) is 20.9. The number of hydrogen-bond acceptors (Lipinski definition) is 4. The van der Waals surface area contributed by atoms with E-state index in [2.05, 4.69) is 24.1 Å². The highest BCUT2D eigenvalue weighted by atomic mass is 35.5. The molecule has 0 spiro atoms. The van der Waals surface area contributed by atoms with Crippen LogP contribution in [0.1, 0.15) is 48.1 Å².